The Labute approximate surface area is 120 Å². The number of nitrogens with zero attached hydrogens (tertiary/aromatic N) is 4. The van der Waals surface area contributed by atoms with E-state index in [1.54, 1.807) is 0 Å². The van der Waals surface area contributed by atoms with Crippen molar-refractivity contribution in [2.45, 2.75) is 33.2 Å². The Bertz CT molecular complexity index is 582. The van der Waals surface area contributed by atoms with Gasteiger partial charge >= 0.3 is 0 Å². The molecule has 2 aromatic heterocycles. The summed E-state index contributed by atoms with van der Waals surface area (Å²) in [6, 6.07) is 6.22. The first-order chi connectivity index (χ1) is 9.63. The van der Waals surface area contributed by atoms with Gasteiger partial charge in [-0.1, -0.05) is 19.9 Å². The Morgan fingerprint density at radius 2 is 2.10 bits per heavy atom. The quantitative estimate of drug-likeness (QED) is 0.856. The molecule has 0 N–H and O–H groups in total. The fraction of sp³-hybridized carbons (Fsp3) is 0.500. The number of anilines is 1. The molecule has 1 aliphatic rings. The number of hydrogen-bond donors (Lipinski definition) is 0. The van der Waals surface area contributed by atoms with Gasteiger partial charge in [0, 0.05) is 49.6 Å². The lowest BCUT2D eigenvalue weighted by molar-refractivity contribution is 0.348. The average molecular weight is 270 g/mol. The van der Waals surface area contributed by atoms with Crippen LogP contribution in [0.15, 0.2) is 30.6 Å². The summed E-state index contributed by atoms with van der Waals surface area (Å²) >= 11 is 0. The normalized spacial score (nSPS) is 15.7. The van der Waals surface area contributed by atoms with Crippen molar-refractivity contribution in [3.8, 4) is 0 Å². The molecule has 0 atom stereocenters. The first kappa shape index (κ1) is 13.2. The van der Waals surface area contributed by atoms with Crippen LogP contribution in [-0.2, 0) is 6.54 Å². The molecule has 0 amide bonds. The van der Waals surface area contributed by atoms with E-state index >= 15 is 0 Å². The first-order valence-corrected chi connectivity index (χ1v) is 7.33. The van der Waals surface area contributed by atoms with E-state index in [2.05, 4.69) is 51.6 Å². The van der Waals surface area contributed by atoms with Crippen LogP contribution < -0.4 is 4.90 Å². The summed E-state index contributed by atoms with van der Waals surface area (Å²) < 4.78 is 2.30. The van der Waals surface area contributed by atoms with Crippen molar-refractivity contribution in [2.24, 2.45) is 5.92 Å². The van der Waals surface area contributed by atoms with Gasteiger partial charge in [0.1, 0.15) is 11.6 Å². The lowest BCUT2D eigenvalue weighted by Gasteiger charge is -2.40. The Hall–Kier alpha value is -1.84. The van der Waals surface area contributed by atoms with Gasteiger partial charge in [0.25, 0.3) is 0 Å². The fourth-order valence-corrected chi connectivity index (χ4v) is 2.83. The van der Waals surface area contributed by atoms with E-state index < -0.39 is 0 Å². The summed E-state index contributed by atoms with van der Waals surface area (Å²) in [5.74, 6) is 3.48. The topological polar surface area (TPSA) is 34.0 Å². The number of aryl methyl sites for hydroxylation is 1. The third-order valence-electron chi connectivity index (χ3n) is 3.87. The Morgan fingerprint density at radius 1 is 1.30 bits per heavy atom. The number of aromatic nitrogens is 3. The van der Waals surface area contributed by atoms with Crippen molar-refractivity contribution in [2.75, 3.05) is 18.0 Å². The van der Waals surface area contributed by atoms with Crippen molar-refractivity contribution >= 4 is 5.82 Å². The Balaban J connectivity index is 1.60. The molecule has 0 aromatic carbocycles. The highest BCUT2D eigenvalue weighted by Crippen LogP contribution is 2.25. The third-order valence-corrected chi connectivity index (χ3v) is 3.87. The highest BCUT2D eigenvalue weighted by molar-refractivity contribution is 5.42. The second kappa shape index (κ2) is 5.27. The van der Waals surface area contributed by atoms with Gasteiger partial charge in [0.2, 0.25) is 0 Å². The zero-order chi connectivity index (χ0) is 14.1. The van der Waals surface area contributed by atoms with E-state index in [0.29, 0.717) is 11.8 Å². The molecule has 4 nitrogen and oxygen atoms in total. The van der Waals surface area contributed by atoms with Crippen LogP contribution in [0.25, 0.3) is 0 Å². The molecule has 0 bridgehead atoms. The maximum atomic E-state index is 4.58. The Kier molecular flexibility index (Phi) is 3.47. The van der Waals surface area contributed by atoms with Gasteiger partial charge < -0.3 is 9.47 Å². The first-order valence-electron chi connectivity index (χ1n) is 7.33. The molecule has 0 unspecified atom stereocenters. The van der Waals surface area contributed by atoms with Crippen LogP contribution in [0.1, 0.15) is 31.3 Å². The van der Waals surface area contributed by atoms with Gasteiger partial charge in [0.05, 0.1) is 0 Å². The lowest BCUT2D eigenvalue weighted by atomic mass is 10.00. The third kappa shape index (κ3) is 2.55. The monoisotopic (exact) mass is 270 g/mol. The minimum atomic E-state index is 0.486. The van der Waals surface area contributed by atoms with Crippen LogP contribution in [0.3, 0.4) is 0 Å². The smallest absolute Gasteiger partial charge is 0.128 e. The van der Waals surface area contributed by atoms with Crippen molar-refractivity contribution in [3.63, 3.8) is 0 Å². The molecule has 106 valence electrons. The van der Waals surface area contributed by atoms with Crippen LogP contribution in [0.5, 0.6) is 0 Å². The van der Waals surface area contributed by atoms with Crippen LogP contribution in [0, 0.1) is 12.8 Å². The van der Waals surface area contributed by atoms with Gasteiger partial charge in [-0.25, -0.2) is 9.97 Å². The van der Waals surface area contributed by atoms with Crippen molar-refractivity contribution in [1.29, 1.82) is 0 Å². The van der Waals surface area contributed by atoms with E-state index in [4.69, 9.17) is 0 Å². The molecule has 3 rings (SSSR count). The maximum Gasteiger partial charge on any atom is 0.128 e. The highest BCUT2D eigenvalue weighted by atomic mass is 15.2. The summed E-state index contributed by atoms with van der Waals surface area (Å²) in [6.07, 6.45) is 4.01. The number of pyridine rings is 1. The predicted octanol–water partition coefficient (Wildman–Crippen LogP) is 2.85. The van der Waals surface area contributed by atoms with Crippen molar-refractivity contribution < 1.29 is 0 Å². The summed E-state index contributed by atoms with van der Waals surface area (Å²) in [6.45, 7) is 9.68. The molecule has 1 aliphatic heterocycles. The molecule has 0 radical (unpaired) electrons. The Morgan fingerprint density at radius 3 is 2.80 bits per heavy atom. The minimum absolute atomic E-state index is 0.486. The number of rotatable bonds is 4. The zero-order valence-corrected chi connectivity index (χ0v) is 12.5. The van der Waals surface area contributed by atoms with E-state index in [0.717, 1.165) is 31.1 Å². The number of imidazole rings is 1. The second-order valence-electron chi connectivity index (χ2n) is 6.00. The summed E-state index contributed by atoms with van der Waals surface area (Å²) in [5, 5.41) is 0. The molecular formula is C16H22N4. The van der Waals surface area contributed by atoms with Gasteiger partial charge in [-0.05, 0) is 19.1 Å². The summed E-state index contributed by atoms with van der Waals surface area (Å²) in [7, 11) is 0. The van der Waals surface area contributed by atoms with Crippen molar-refractivity contribution in [3.05, 3.63) is 42.1 Å². The predicted molar refractivity (Wildman–Crippen MR) is 81.0 cm³/mol. The van der Waals surface area contributed by atoms with E-state index in [9.17, 15) is 0 Å². The molecule has 1 fully saturated rings. The molecule has 1 saturated heterocycles. The van der Waals surface area contributed by atoms with Crippen molar-refractivity contribution in [1.82, 2.24) is 14.5 Å². The minimum Gasteiger partial charge on any atom is -0.356 e. The molecule has 0 spiro atoms. The highest BCUT2D eigenvalue weighted by Gasteiger charge is 2.28. The maximum absolute atomic E-state index is 4.58. The molecule has 0 aliphatic carbocycles. The standard InChI is InChI=1S/C16H22N4/c1-12(2)16-17-7-8-19(16)9-14-10-20(11-14)15-6-4-5-13(3)18-15/h4-8,12,14H,9-11H2,1-3H3. The van der Waals surface area contributed by atoms with Gasteiger partial charge in [0.15, 0.2) is 0 Å². The number of hydrogen-bond acceptors (Lipinski definition) is 3. The molecular weight excluding hydrogens is 248 g/mol. The molecule has 3 heterocycles. The largest absolute Gasteiger partial charge is 0.356 e. The summed E-state index contributed by atoms with van der Waals surface area (Å²) in [4.78, 5) is 11.4. The van der Waals surface area contributed by atoms with E-state index in [1.165, 1.54) is 5.82 Å². The second-order valence-corrected chi connectivity index (χ2v) is 6.00. The lowest BCUT2D eigenvalue weighted by Crippen LogP contribution is -2.49. The zero-order valence-electron chi connectivity index (χ0n) is 12.5. The van der Waals surface area contributed by atoms with Gasteiger partial charge in [-0.3, -0.25) is 0 Å². The van der Waals surface area contributed by atoms with Crippen LogP contribution in [0.4, 0.5) is 5.82 Å². The average Bonchev–Trinajstić information content (AvgIpc) is 2.81. The van der Waals surface area contributed by atoms with Crippen LogP contribution >= 0.6 is 0 Å². The fourth-order valence-electron chi connectivity index (χ4n) is 2.83. The molecule has 4 heteroatoms. The van der Waals surface area contributed by atoms with E-state index in [-0.39, 0.29) is 0 Å². The van der Waals surface area contributed by atoms with Crippen LogP contribution in [0.2, 0.25) is 0 Å². The SMILES string of the molecule is Cc1cccc(N2CC(Cn3ccnc3C(C)C)C2)n1. The molecule has 0 saturated carbocycles. The molecule has 2 aromatic rings. The van der Waals surface area contributed by atoms with Gasteiger partial charge in [-0.2, -0.15) is 0 Å². The summed E-state index contributed by atoms with van der Waals surface area (Å²) in [5.41, 5.74) is 1.09. The molecule has 20 heavy (non-hydrogen) atoms. The van der Waals surface area contributed by atoms with E-state index in [1.807, 2.05) is 19.2 Å². The van der Waals surface area contributed by atoms with Crippen LogP contribution in [-0.4, -0.2) is 27.6 Å². The van der Waals surface area contributed by atoms with Gasteiger partial charge in [-0.15, -0.1) is 0 Å².